The topological polar surface area (TPSA) is 82.1 Å². The van der Waals surface area contributed by atoms with Crippen molar-refractivity contribution in [2.45, 2.75) is 32.5 Å². The Morgan fingerprint density at radius 2 is 2.10 bits per heavy atom. The van der Waals surface area contributed by atoms with Crippen molar-refractivity contribution in [3.63, 3.8) is 0 Å². The van der Waals surface area contributed by atoms with Gasteiger partial charge in [-0.05, 0) is 20.8 Å². The molecule has 0 radical (unpaired) electrons. The SMILES string of the molecule is CC(C)(C)OC(=O)N1CCO[C@H](/C=C/COS(C)(=O)=O)C1. The van der Waals surface area contributed by atoms with Crippen LogP contribution in [0.25, 0.3) is 0 Å². The number of carbonyl (C=O) groups excluding carboxylic acids is 1. The molecule has 0 saturated carbocycles. The molecule has 7 nitrogen and oxygen atoms in total. The van der Waals surface area contributed by atoms with Crippen LogP contribution in [0.3, 0.4) is 0 Å². The Balaban J connectivity index is 2.45. The zero-order chi connectivity index (χ0) is 16.1. The molecule has 8 heteroatoms. The van der Waals surface area contributed by atoms with E-state index in [1.807, 2.05) is 20.8 Å². The summed E-state index contributed by atoms with van der Waals surface area (Å²) in [7, 11) is -3.45. The molecule has 0 unspecified atom stereocenters. The zero-order valence-electron chi connectivity index (χ0n) is 12.9. The van der Waals surface area contributed by atoms with Gasteiger partial charge in [0.1, 0.15) is 5.60 Å². The van der Waals surface area contributed by atoms with Gasteiger partial charge in [0.05, 0.1) is 32.1 Å². The van der Waals surface area contributed by atoms with Crippen LogP contribution in [0.2, 0.25) is 0 Å². The summed E-state index contributed by atoms with van der Waals surface area (Å²) in [6.07, 6.45) is 3.56. The van der Waals surface area contributed by atoms with E-state index < -0.39 is 15.7 Å². The largest absolute Gasteiger partial charge is 0.444 e. The molecule has 0 aromatic heterocycles. The highest BCUT2D eigenvalue weighted by Crippen LogP contribution is 2.13. The average molecular weight is 321 g/mol. The number of rotatable bonds is 4. The highest BCUT2D eigenvalue weighted by atomic mass is 32.2. The number of amides is 1. The van der Waals surface area contributed by atoms with Crippen molar-refractivity contribution in [3.8, 4) is 0 Å². The molecule has 1 atom stereocenters. The van der Waals surface area contributed by atoms with Crippen LogP contribution < -0.4 is 0 Å². The highest BCUT2D eigenvalue weighted by molar-refractivity contribution is 7.85. The molecular weight excluding hydrogens is 298 g/mol. The predicted molar refractivity (Wildman–Crippen MR) is 77.5 cm³/mol. The number of hydrogen-bond donors (Lipinski definition) is 0. The number of carbonyl (C=O) groups is 1. The van der Waals surface area contributed by atoms with Crippen molar-refractivity contribution in [2.75, 3.05) is 32.6 Å². The van der Waals surface area contributed by atoms with E-state index in [2.05, 4.69) is 4.18 Å². The lowest BCUT2D eigenvalue weighted by molar-refractivity contribution is -0.0264. The van der Waals surface area contributed by atoms with Crippen LogP contribution in [0, 0.1) is 0 Å². The van der Waals surface area contributed by atoms with Gasteiger partial charge in [-0.25, -0.2) is 4.79 Å². The molecule has 0 bridgehead atoms. The molecule has 0 N–H and O–H groups in total. The first-order valence-corrected chi connectivity index (χ1v) is 8.49. The summed E-state index contributed by atoms with van der Waals surface area (Å²) in [4.78, 5) is 13.5. The lowest BCUT2D eigenvalue weighted by Gasteiger charge is -2.33. The monoisotopic (exact) mass is 321 g/mol. The van der Waals surface area contributed by atoms with Crippen LogP contribution in [0.4, 0.5) is 4.79 Å². The second-order valence-electron chi connectivity index (χ2n) is 5.75. The van der Waals surface area contributed by atoms with E-state index in [9.17, 15) is 13.2 Å². The first kappa shape index (κ1) is 17.9. The van der Waals surface area contributed by atoms with Crippen molar-refractivity contribution in [3.05, 3.63) is 12.2 Å². The molecule has 1 amide bonds. The molecule has 0 aliphatic carbocycles. The quantitative estimate of drug-likeness (QED) is 0.571. The van der Waals surface area contributed by atoms with Gasteiger partial charge in [-0.15, -0.1) is 0 Å². The Hall–Kier alpha value is -1.12. The van der Waals surface area contributed by atoms with Gasteiger partial charge in [0.2, 0.25) is 0 Å². The molecule has 21 heavy (non-hydrogen) atoms. The molecule has 1 rings (SSSR count). The van der Waals surface area contributed by atoms with E-state index in [4.69, 9.17) is 9.47 Å². The van der Waals surface area contributed by atoms with Gasteiger partial charge in [0.15, 0.2) is 0 Å². The minimum Gasteiger partial charge on any atom is -0.444 e. The van der Waals surface area contributed by atoms with Crippen molar-refractivity contribution in [1.82, 2.24) is 4.90 Å². The molecular formula is C13H23NO6S. The third kappa shape index (κ3) is 8.03. The molecule has 0 spiro atoms. The maximum Gasteiger partial charge on any atom is 0.410 e. The number of nitrogens with zero attached hydrogens (tertiary/aromatic N) is 1. The minimum absolute atomic E-state index is 0.0505. The Bertz CT molecular complexity index is 479. The Kier molecular flexibility index (Phi) is 6.18. The van der Waals surface area contributed by atoms with Crippen LogP contribution in [-0.4, -0.2) is 63.7 Å². The van der Waals surface area contributed by atoms with Gasteiger partial charge >= 0.3 is 6.09 Å². The summed E-state index contributed by atoms with van der Waals surface area (Å²) in [5, 5.41) is 0. The summed E-state index contributed by atoms with van der Waals surface area (Å²) in [6, 6.07) is 0. The van der Waals surface area contributed by atoms with E-state index in [1.54, 1.807) is 17.1 Å². The summed E-state index contributed by atoms with van der Waals surface area (Å²) in [5.41, 5.74) is -0.538. The Labute approximate surface area is 126 Å². The normalized spacial score (nSPS) is 20.8. The molecule has 122 valence electrons. The fourth-order valence-electron chi connectivity index (χ4n) is 1.65. The van der Waals surface area contributed by atoms with E-state index in [0.717, 1.165) is 6.26 Å². The predicted octanol–water partition coefficient (Wildman–Crippen LogP) is 1.15. The summed E-state index contributed by atoms with van der Waals surface area (Å²) in [5.74, 6) is 0. The lowest BCUT2D eigenvalue weighted by Crippen LogP contribution is -2.46. The molecule has 1 aliphatic rings. The molecule has 1 fully saturated rings. The second-order valence-corrected chi connectivity index (χ2v) is 7.40. The molecule has 0 aromatic carbocycles. The summed E-state index contributed by atoms with van der Waals surface area (Å²) >= 11 is 0. The van der Waals surface area contributed by atoms with E-state index in [-0.39, 0.29) is 18.8 Å². The molecule has 1 saturated heterocycles. The standard InChI is InChI=1S/C13H23NO6S/c1-13(2,3)20-12(15)14-7-9-18-11(10-14)6-5-8-19-21(4,16)17/h5-6,11H,7-10H2,1-4H3/b6-5+/t11-/m1/s1. The highest BCUT2D eigenvalue weighted by Gasteiger charge is 2.26. The van der Waals surface area contributed by atoms with Gasteiger partial charge in [-0.2, -0.15) is 8.42 Å². The van der Waals surface area contributed by atoms with Gasteiger partial charge in [-0.3, -0.25) is 4.18 Å². The van der Waals surface area contributed by atoms with Gasteiger partial charge < -0.3 is 14.4 Å². The van der Waals surface area contributed by atoms with Crippen molar-refractivity contribution < 1.29 is 26.9 Å². The first-order valence-electron chi connectivity index (χ1n) is 6.67. The van der Waals surface area contributed by atoms with Gasteiger partial charge in [0, 0.05) is 6.54 Å². The average Bonchev–Trinajstić information content (AvgIpc) is 2.32. The van der Waals surface area contributed by atoms with Crippen LogP contribution in [-0.2, 0) is 23.8 Å². The fraction of sp³-hybridized carbons (Fsp3) is 0.769. The molecule has 1 heterocycles. The summed E-state index contributed by atoms with van der Waals surface area (Å²) in [6.45, 7) is 6.62. The first-order chi connectivity index (χ1) is 9.57. The number of ether oxygens (including phenoxy) is 2. The van der Waals surface area contributed by atoms with Crippen LogP contribution >= 0.6 is 0 Å². The van der Waals surface area contributed by atoms with Crippen molar-refractivity contribution in [1.29, 1.82) is 0 Å². The van der Waals surface area contributed by atoms with Crippen LogP contribution in [0.1, 0.15) is 20.8 Å². The Morgan fingerprint density at radius 1 is 1.43 bits per heavy atom. The maximum atomic E-state index is 11.9. The third-order valence-corrected chi connectivity index (χ3v) is 3.04. The van der Waals surface area contributed by atoms with E-state index in [1.165, 1.54) is 0 Å². The maximum absolute atomic E-state index is 11.9. The number of hydrogen-bond acceptors (Lipinski definition) is 6. The van der Waals surface area contributed by atoms with Crippen molar-refractivity contribution >= 4 is 16.2 Å². The molecule has 0 aromatic rings. The Morgan fingerprint density at radius 3 is 2.67 bits per heavy atom. The van der Waals surface area contributed by atoms with E-state index in [0.29, 0.717) is 19.7 Å². The van der Waals surface area contributed by atoms with Gasteiger partial charge in [-0.1, -0.05) is 12.2 Å². The smallest absolute Gasteiger partial charge is 0.410 e. The van der Waals surface area contributed by atoms with Gasteiger partial charge in [0.25, 0.3) is 10.1 Å². The van der Waals surface area contributed by atoms with E-state index >= 15 is 0 Å². The third-order valence-electron chi connectivity index (χ3n) is 2.47. The van der Waals surface area contributed by atoms with Crippen molar-refractivity contribution in [2.24, 2.45) is 0 Å². The minimum atomic E-state index is -3.45. The lowest BCUT2D eigenvalue weighted by atomic mass is 10.2. The number of morpholine rings is 1. The fourth-order valence-corrected chi connectivity index (χ4v) is 1.98. The molecule has 1 aliphatic heterocycles. The van der Waals surface area contributed by atoms with Crippen LogP contribution in [0.5, 0.6) is 0 Å². The van der Waals surface area contributed by atoms with Crippen LogP contribution in [0.15, 0.2) is 12.2 Å². The summed E-state index contributed by atoms with van der Waals surface area (Å²) < 4.78 is 37.0. The zero-order valence-corrected chi connectivity index (χ0v) is 13.7. The second kappa shape index (κ2) is 7.24.